The van der Waals surface area contributed by atoms with Crippen molar-refractivity contribution in [1.82, 2.24) is 0 Å². The second-order valence-electron chi connectivity index (χ2n) is 11.5. The Balaban J connectivity index is -0.000000328. The van der Waals surface area contributed by atoms with Crippen LogP contribution >= 0.6 is 0 Å². The van der Waals surface area contributed by atoms with Crippen LogP contribution in [0.4, 0.5) is 0 Å². The third kappa shape index (κ3) is 51.7. The van der Waals surface area contributed by atoms with Gasteiger partial charge in [-0.05, 0) is 64.2 Å². The molecule has 0 bridgehead atoms. The summed E-state index contributed by atoms with van der Waals surface area (Å²) in [5.41, 5.74) is 0. The van der Waals surface area contributed by atoms with Crippen LogP contribution in [0.1, 0.15) is 194 Å². The zero-order valence-electron chi connectivity index (χ0n) is 28.0. The van der Waals surface area contributed by atoms with E-state index in [9.17, 15) is 9.59 Å². The van der Waals surface area contributed by atoms with E-state index in [0.717, 1.165) is 25.7 Å². The van der Waals surface area contributed by atoms with E-state index in [1.807, 2.05) is 0 Å². The van der Waals surface area contributed by atoms with Crippen LogP contribution in [-0.4, -0.2) is 27.6 Å². The minimum atomic E-state index is -0.664. The van der Waals surface area contributed by atoms with Crippen LogP contribution in [0.2, 0.25) is 0 Å². The maximum absolute atomic E-state index is 10.3. The predicted octanol–water partition coefficient (Wildman–Crippen LogP) is 11.4. The van der Waals surface area contributed by atoms with Gasteiger partial charge in [-0.2, -0.15) is 0 Å². The second-order valence-corrected chi connectivity index (χ2v) is 11.5. The van der Waals surface area contributed by atoms with Crippen molar-refractivity contribution >= 4 is 11.9 Å². The molecule has 42 heavy (non-hydrogen) atoms. The summed E-state index contributed by atoms with van der Waals surface area (Å²) in [7, 11) is 0. The summed E-state index contributed by atoms with van der Waals surface area (Å²) in [5, 5.41) is 17.0. The van der Waals surface area contributed by atoms with Gasteiger partial charge < -0.3 is 15.7 Å². The Labute approximate surface area is 273 Å². The van der Waals surface area contributed by atoms with E-state index in [0.29, 0.717) is 12.8 Å². The first-order chi connectivity index (χ1) is 19.5. The third-order valence-corrected chi connectivity index (χ3v) is 7.30. The first-order valence-corrected chi connectivity index (χ1v) is 17.3. The van der Waals surface area contributed by atoms with Gasteiger partial charge in [0.15, 0.2) is 0 Å². The van der Waals surface area contributed by atoms with Crippen molar-refractivity contribution in [2.24, 2.45) is 0 Å². The molecule has 0 radical (unpaired) electrons. The minimum absolute atomic E-state index is 0. The van der Waals surface area contributed by atoms with Gasteiger partial charge in [-0.25, -0.2) is 0 Å². The number of aliphatic carboxylic acids is 2. The largest absolute Gasteiger partial charge is 0.481 e. The van der Waals surface area contributed by atoms with Gasteiger partial charge in [-0.15, -0.1) is 0 Å². The molecule has 0 rings (SSSR count). The molecule has 5 nitrogen and oxygen atoms in total. The maximum atomic E-state index is 10.3. The van der Waals surface area contributed by atoms with Crippen LogP contribution < -0.4 is 0 Å². The number of carbonyl (C=O) groups is 2. The molecule has 0 saturated heterocycles. The van der Waals surface area contributed by atoms with Gasteiger partial charge >= 0.3 is 11.9 Å². The molecule has 0 fully saturated rings. The van der Waals surface area contributed by atoms with Crippen molar-refractivity contribution in [2.45, 2.75) is 194 Å². The van der Waals surface area contributed by atoms with Gasteiger partial charge in [-0.1, -0.05) is 141 Å². The number of carboxylic acid groups (broad SMARTS) is 2. The summed E-state index contributed by atoms with van der Waals surface area (Å²) in [6, 6.07) is 0. The molecule has 0 amide bonds. The van der Waals surface area contributed by atoms with Crippen molar-refractivity contribution in [3.8, 4) is 0 Å². The molecular weight excluding hydrogens is 578 g/mol. The Morgan fingerprint density at radius 2 is 0.619 bits per heavy atom. The van der Waals surface area contributed by atoms with Crippen molar-refractivity contribution in [3.05, 3.63) is 24.3 Å². The summed E-state index contributed by atoms with van der Waals surface area (Å²) >= 11 is 0. The van der Waals surface area contributed by atoms with Crippen LogP contribution in [-0.2, 0) is 29.1 Å². The summed E-state index contributed by atoms with van der Waals surface area (Å²) in [5.74, 6) is -1.33. The molecule has 0 aliphatic rings. The van der Waals surface area contributed by atoms with Gasteiger partial charge in [-0.3, -0.25) is 9.59 Å². The van der Waals surface area contributed by atoms with Gasteiger partial charge in [0, 0.05) is 32.3 Å². The Kier molecular flexibility index (Phi) is 50.7. The number of hydrogen-bond donors (Lipinski definition) is 2. The Hall–Kier alpha value is -0.997. The number of hydrogen-bond acceptors (Lipinski definition) is 2. The molecule has 0 aromatic carbocycles. The number of allylic oxidation sites excluding steroid dienone is 4. The van der Waals surface area contributed by atoms with Crippen LogP contribution in [0, 0.1) is 0 Å². The fraction of sp³-hybridized carbons (Fsp3) is 0.833. The smallest absolute Gasteiger partial charge is 0.303 e. The van der Waals surface area contributed by atoms with E-state index >= 15 is 0 Å². The SMILES string of the molecule is CCCCCCCC/C=C\CCCCCCCC(=O)O.CCCCCCCC/C=C\CCCCCCCC(=O)O.O.[Zn]. The number of unbranched alkanes of at least 4 members (excludes halogenated alkanes) is 22. The van der Waals surface area contributed by atoms with Crippen LogP contribution in [0.5, 0.6) is 0 Å². The monoisotopic (exact) mass is 646 g/mol. The van der Waals surface area contributed by atoms with Crippen molar-refractivity contribution in [3.63, 3.8) is 0 Å². The molecule has 0 aromatic heterocycles. The van der Waals surface area contributed by atoms with Gasteiger partial charge in [0.2, 0.25) is 0 Å². The van der Waals surface area contributed by atoms with Gasteiger partial charge in [0.25, 0.3) is 0 Å². The predicted molar refractivity (Wildman–Crippen MR) is 178 cm³/mol. The van der Waals surface area contributed by atoms with Crippen molar-refractivity contribution in [2.75, 3.05) is 0 Å². The number of rotatable bonds is 30. The molecular formula is C36H70O5Zn. The van der Waals surface area contributed by atoms with Crippen molar-refractivity contribution in [1.29, 1.82) is 0 Å². The first-order valence-electron chi connectivity index (χ1n) is 17.3. The number of carboxylic acids is 2. The topological polar surface area (TPSA) is 106 Å². The summed E-state index contributed by atoms with van der Waals surface area (Å²) in [6.07, 6.45) is 42.5. The average Bonchev–Trinajstić information content (AvgIpc) is 2.93. The zero-order valence-corrected chi connectivity index (χ0v) is 31.0. The van der Waals surface area contributed by atoms with E-state index < -0.39 is 11.9 Å². The Morgan fingerprint density at radius 1 is 0.405 bits per heavy atom. The summed E-state index contributed by atoms with van der Waals surface area (Å²) < 4.78 is 0. The molecule has 0 aliphatic heterocycles. The maximum Gasteiger partial charge on any atom is 0.303 e. The zero-order chi connectivity index (χ0) is 29.8. The molecule has 0 atom stereocenters. The molecule has 4 N–H and O–H groups in total. The first kappa shape index (κ1) is 47.9. The minimum Gasteiger partial charge on any atom is -0.481 e. The van der Waals surface area contributed by atoms with Gasteiger partial charge in [0.05, 0.1) is 0 Å². The third-order valence-electron chi connectivity index (χ3n) is 7.30. The molecule has 0 aromatic rings. The molecule has 0 unspecified atom stereocenters. The summed E-state index contributed by atoms with van der Waals surface area (Å²) in [4.78, 5) is 20.6. The molecule has 0 saturated carbocycles. The summed E-state index contributed by atoms with van der Waals surface area (Å²) in [6.45, 7) is 4.52. The van der Waals surface area contributed by atoms with Crippen LogP contribution in [0.25, 0.3) is 0 Å². The van der Waals surface area contributed by atoms with E-state index in [1.54, 1.807) is 0 Å². The second kappa shape index (κ2) is 44.4. The van der Waals surface area contributed by atoms with E-state index in [1.165, 1.54) is 141 Å². The molecule has 246 valence electrons. The fourth-order valence-electron chi connectivity index (χ4n) is 4.69. The quantitative estimate of drug-likeness (QED) is 0.0459. The van der Waals surface area contributed by atoms with E-state index in [4.69, 9.17) is 10.2 Å². The normalized spacial score (nSPS) is 10.7. The molecule has 0 spiro atoms. The van der Waals surface area contributed by atoms with Crippen LogP contribution in [0.15, 0.2) is 24.3 Å². The Morgan fingerprint density at radius 3 is 0.857 bits per heavy atom. The van der Waals surface area contributed by atoms with Gasteiger partial charge in [0.1, 0.15) is 0 Å². The van der Waals surface area contributed by atoms with Crippen molar-refractivity contribution < 1.29 is 44.8 Å². The fourth-order valence-corrected chi connectivity index (χ4v) is 4.69. The molecule has 0 aliphatic carbocycles. The Bertz CT molecular complexity index is 527. The standard InChI is InChI=1S/2C18H34O2.H2O.Zn/c2*1-2-3-4-5-6-7-8-9-10-11-12-13-14-15-16-17-18(19)20;;/h2*9-10H,2-8,11-17H2,1H3,(H,19,20);1H2;/b2*10-9-;;. The van der Waals surface area contributed by atoms with E-state index in [-0.39, 0.29) is 25.0 Å². The van der Waals surface area contributed by atoms with Crippen LogP contribution in [0.3, 0.4) is 0 Å². The molecule has 0 heterocycles. The molecule has 6 heteroatoms. The van der Waals surface area contributed by atoms with E-state index in [2.05, 4.69) is 38.2 Å². The average molecular weight is 648 g/mol.